The molecule has 0 aliphatic carbocycles. The number of nitrogens with zero attached hydrogens (tertiary/aromatic N) is 1. The lowest BCUT2D eigenvalue weighted by atomic mass is 10.0. The molecule has 8 heteroatoms. The molecule has 164 valence electrons. The van der Waals surface area contributed by atoms with Crippen LogP contribution in [0.2, 0.25) is 0 Å². The third-order valence-electron chi connectivity index (χ3n) is 5.12. The lowest BCUT2D eigenvalue weighted by Gasteiger charge is -2.11. The van der Waals surface area contributed by atoms with E-state index in [1.807, 2.05) is 31.5 Å². The fourth-order valence-electron chi connectivity index (χ4n) is 3.26. The number of hydrogen-bond donors (Lipinski definition) is 3. The number of rotatable bonds is 8. The molecule has 0 bridgehead atoms. The molecule has 0 radical (unpaired) electrons. The van der Waals surface area contributed by atoms with Gasteiger partial charge >= 0.3 is 0 Å². The van der Waals surface area contributed by atoms with Crippen molar-refractivity contribution in [1.82, 2.24) is 9.71 Å². The first-order valence-electron chi connectivity index (χ1n) is 10.0. The second kappa shape index (κ2) is 9.72. The molecule has 1 aromatic heterocycles. The molecule has 0 unspecified atom stereocenters. The van der Waals surface area contributed by atoms with Crippen LogP contribution in [0.4, 0.5) is 11.5 Å². The Morgan fingerprint density at radius 2 is 1.94 bits per heavy atom. The van der Waals surface area contributed by atoms with Crippen LogP contribution >= 0.6 is 11.8 Å². The number of hydrogen-bond acceptors (Lipinski definition) is 5. The molecule has 31 heavy (non-hydrogen) atoms. The number of sulfonamides is 1. The maximum atomic E-state index is 12.4. The summed E-state index contributed by atoms with van der Waals surface area (Å²) in [5.41, 5.74) is 4.53. The number of para-hydroxylation sites is 1. The van der Waals surface area contributed by atoms with Gasteiger partial charge in [0.1, 0.15) is 5.82 Å². The van der Waals surface area contributed by atoms with Gasteiger partial charge in [0.25, 0.3) is 0 Å². The van der Waals surface area contributed by atoms with Gasteiger partial charge in [-0.3, -0.25) is 0 Å². The van der Waals surface area contributed by atoms with Gasteiger partial charge in [0.2, 0.25) is 10.0 Å². The highest BCUT2D eigenvalue weighted by molar-refractivity contribution is 7.98. The van der Waals surface area contributed by atoms with Crippen molar-refractivity contribution in [3.05, 3.63) is 59.7 Å². The van der Waals surface area contributed by atoms with Gasteiger partial charge in [-0.05, 0) is 57.0 Å². The molecule has 6 nitrogen and oxygen atoms in total. The van der Waals surface area contributed by atoms with Crippen LogP contribution in [0.15, 0.2) is 68.9 Å². The number of aromatic nitrogens is 1. The highest BCUT2D eigenvalue weighted by Gasteiger charge is 2.18. The van der Waals surface area contributed by atoms with Gasteiger partial charge in [-0.25, -0.2) is 18.1 Å². The fraction of sp³-hybridized carbons (Fsp3) is 0.261. The van der Waals surface area contributed by atoms with E-state index in [2.05, 4.69) is 41.0 Å². The van der Waals surface area contributed by atoms with Gasteiger partial charge in [0, 0.05) is 28.4 Å². The smallest absolute Gasteiger partial charge is 0.240 e. The van der Waals surface area contributed by atoms with Crippen molar-refractivity contribution in [1.29, 1.82) is 0 Å². The van der Waals surface area contributed by atoms with Gasteiger partial charge in [-0.2, -0.15) is 0 Å². The van der Waals surface area contributed by atoms with E-state index in [4.69, 9.17) is 4.99 Å². The molecule has 0 spiro atoms. The second-order valence-corrected chi connectivity index (χ2v) is 9.79. The number of anilines is 1. The zero-order valence-electron chi connectivity index (χ0n) is 18.4. The molecule has 2 aromatic carbocycles. The number of allylic oxidation sites excluding steroid dienone is 2. The molecule has 0 amide bonds. The van der Waals surface area contributed by atoms with Crippen LogP contribution in [0.5, 0.6) is 0 Å². The quantitative estimate of drug-likeness (QED) is 0.316. The fourth-order valence-corrected chi connectivity index (χ4v) is 4.53. The Morgan fingerprint density at radius 3 is 2.58 bits per heavy atom. The Kier molecular flexibility index (Phi) is 7.25. The van der Waals surface area contributed by atoms with E-state index in [-0.39, 0.29) is 4.90 Å². The van der Waals surface area contributed by atoms with Crippen molar-refractivity contribution in [2.75, 3.05) is 25.7 Å². The van der Waals surface area contributed by atoms with Crippen molar-refractivity contribution >= 4 is 49.9 Å². The summed E-state index contributed by atoms with van der Waals surface area (Å²) in [5, 5.41) is 4.29. The Balaban J connectivity index is 2.33. The Bertz CT molecular complexity index is 1260. The predicted molar refractivity (Wildman–Crippen MR) is 133 cm³/mol. The summed E-state index contributed by atoms with van der Waals surface area (Å²) < 4.78 is 27.1. The van der Waals surface area contributed by atoms with Crippen LogP contribution < -0.4 is 10.0 Å². The first kappa shape index (κ1) is 23.1. The highest BCUT2D eigenvalue weighted by Crippen LogP contribution is 2.34. The van der Waals surface area contributed by atoms with Crippen LogP contribution in [0, 0.1) is 0 Å². The third kappa shape index (κ3) is 4.87. The molecular weight excluding hydrogens is 428 g/mol. The van der Waals surface area contributed by atoms with E-state index in [1.54, 1.807) is 18.2 Å². The first-order valence-corrected chi connectivity index (χ1v) is 12.7. The minimum atomic E-state index is -3.57. The molecule has 3 N–H and O–H groups in total. The maximum absolute atomic E-state index is 12.4. The largest absolute Gasteiger partial charge is 0.374 e. The van der Waals surface area contributed by atoms with Gasteiger partial charge in [-0.1, -0.05) is 30.7 Å². The number of fused-ring (bicyclic) bond motifs is 1. The van der Waals surface area contributed by atoms with Crippen LogP contribution in [-0.4, -0.2) is 39.5 Å². The number of thioether (sulfide) groups is 1. The topological polar surface area (TPSA) is 86.3 Å². The van der Waals surface area contributed by atoms with Gasteiger partial charge in [0.05, 0.1) is 16.3 Å². The predicted octanol–water partition coefficient (Wildman–Crippen LogP) is 5.32. The number of H-pyrrole nitrogens is 1. The number of aliphatic imine (C=N–C) groups is 1. The Morgan fingerprint density at radius 1 is 1.19 bits per heavy atom. The summed E-state index contributed by atoms with van der Waals surface area (Å²) in [6.45, 7) is 4.17. The maximum Gasteiger partial charge on any atom is 0.240 e. The Hall–Kier alpha value is -2.55. The van der Waals surface area contributed by atoms with E-state index in [9.17, 15) is 8.42 Å². The van der Waals surface area contributed by atoms with Crippen LogP contribution in [-0.2, 0) is 10.0 Å². The average Bonchev–Trinajstić information content (AvgIpc) is 3.17. The Labute approximate surface area is 188 Å². The molecule has 0 aliphatic rings. The van der Waals surface area contributed by atoms with Crippen molar-refractivity contribution in [3.63, 3.8) is 0 Å². The average molecular weight is 457 g/mol. The number of benzene rings is 2. The third-order valence-corrected chi connectivity index (χ3v) is 7.32. The number of nitrogens with one attached hydrogen (secondary N) is 3. The van der Waals surface area contributed by atoms with Gasteiger partial charge in [0.15, 0.2) is 0 Å². The SMILES string of the molecule is CC/C(C)=C/C(=Nc1cc(S(=O)(=O)NC)ccc1SC)c1c(NC)[nH]c2ccccc12. The van der Waals surface area contributed by atoms with Crippen molar-refractivity contribution in [2.45, 2.75) is 30.1 Å². The molecule has 0 saturated heterocycles. The van der Waals surface area contributed by atoms with E-state index in [1.165, 1.54) is 24.4 Å². The van der Waals surface area contributed by atoms with Crippen molar-refractivity contribution in [3.8, 4) is 0 Å². The van der Waals surface area contributed by atoms with Gasteiger partial charge < -0.3 is 10.3 Å². The summed E-state index contributed by atoms with van der Waals surface area (Å²) in [6, 6.07) is 13.1. The molecule has 0 aliphatic heterocycles. The monoisotopic (exact) mass is 456 g/mol. The lowest BCUT2D eigenvalue weighted by Crippen LogP contribution is -2.18. The van der Waals surface area contributed by atoms with Crippen LogP contribution in [0.3, 0.4) is 0 Å². The standard InChI is InChI=1S/C23H28N4O2S2/c1-6-15(2)13-20(22-17-9-7-8-10-18(17)27-23(22)24-3)26-19-14-16(31(28,29)25-4)11-12-21(19)30-5/h7-14,24-25,27H,6H2,1-5H3/b15-13+,26-20?. The van der Waals surface area contributed by atoms with Gasteiger partial charge in [-0.15, -0.1) is 11.8 Å². The van der Waals surface area contributed by atoms with E-state index in [0.717, 1.165) is 39.3 Å². The molecule has 1 heterocycles. The molecule has 0 atom stereocenters. The molecular formula is C23H28N4O2S2. The zero-order chi connectivity index (χ0) is 22.6. The lowest BCUT2D eigenvalue weighted by molar-refractivity contribution is 0.588. The molecule has 0 saturated carbocycles. The van der Waals surface area contributed by atoms with E-state index < -0.39 is 10.0 Å². The summed E-state index contributed by atoms with van der Waals surface area (Å²) in [7, 11) is -0.295. The zero-order valence-corrected chi connectivity index (χ0v) is 20.0. The summed E-state index contributed by atoms with van der Waals surface area (Å²) in [6.07, 6.45) is 4.91. The normalized spacial score (nSPS) is 13.1. The molecule has 0 fully saturated rings. The van der Waals surface area contributed by atoms with Crippen LogP contribution in [0.25, 0.3) is 10.9 Å². The summed E-state index contributed by atoms with van der Waals surface area (Å²) >= 11 is 1.53. The summed E-state index contributed by atoms with van der Waals surface area (Å²) in [5.74, 6) is 0.866. The van der Waals surface area contributed by atoms with Crippen molar-refractivity contribution in [2.24, 2.45) is 4.99 Å². The molecule has 3 aromatic rings. The highest BCUT2D eigenvalue weighted by atomic mass is 32.2. The number of aromatic amines is 1. The summed E-state index contributed by atoms with van der Waals surface area (Å²) in [4.78, 5) is 9.50. The van der Waals surface area contributed by atoms with E-state index in [0.29, 0.717) is 5.69 Å². The second-order valence-electron chi connectivity index (χ2n) is 7.05. The first-order chi connectivity index (χ1) is 14.8. The minimum absolute atomic E-state index is 0.190. The van der Waals surface area contributed by atoms with Crippen LogP contribution in [0.1, 0.15) is 25.8 Å². The molecule has 3 rings (SSSR count). The minimum Gasteiger partial charge on any atom is -0.374 e. The van der Waals surface area contributed by atoms with Crippen molar-refractivity contribution < 1.29 is 8.42 Å². The van der Waals surface area contributed by atoms with E-state index >= 15 is 0 Å².